The standard InChI is InChI=1S/C21H27N3O4S/c1-28-20-6-4-17(5-7-20)10-14-29(26,27)23-15-18-8-12-24(13-9-18)21(25)19-3-2-11-22-16-19/h2-7,11,16,18,23H,8-10,12-15H2,1H3. The van der Waals surface area contributed by atoms with Crippen molar-refractivity contribution in [1.82, 2.24) is 14.6 Å². The van der Waals surface area contributed by atoms with E-state index in [9.17, 15) is 13.2 Å². The molecule has 0 bridgehead atoms. The fourth-order valence-corrected chi connectivity index (χ4v) is 4.51. The van der Waals surface area contributed by atoms with Crippen LogP contribution < -0.4 is 9.46 Å². The molecule has 1 fully saturated rings. The van der Waals surface area contributed by atoms with Gasteiger partial charge in [-0.25, -0.2) is 13.1 Å². The van der Waals surface area contributed by atoms with E-state index >= 15 is 0 Å². The quantitative estimate of drug-likeness (QED) is 0.711. The average molecular weight is 418 g/mol. The van der Waals surface area contributed by atoms with Crippen molar-refractivity contribution in [3.8, 4) is 5.75 Å². The third-order valence-electron chi connectivity index (χ3n) is 5.22. The molecule has 156 valence electrons. The second kappa shape index (κ2) is 9.84. The summed E-state index contributed by atoms with van der Waals surface area (Å²) in [7, 11) is -1.74. The fourth-order valence-electron chi connectivity index (χ4n) is 3.37. The molecule has 1 saturated heterocycles. The molecule has 0 saturated carbocycles. The summed E-state index contributed by atoms with van der Waals surface area (Å²) in [6.07, 6.45) is 5.24. The van der Waals surface area contributed by atoms with Crippen molar-refractivity contribution >= 4 is 15.9 Å². The topological polar surface area (TPSA) is 88.6 Å². The monoisotopic (exact) mass is 417 g/mol. The molecule has 0 spiro atoms. The summed E-state index contributed by atoms with van der Waals surface area (Å²) >= 11 is 0. The molecule has 0 unspecified atom stereocenters. The molecule has 7 nitrogen and oxygen atoms in total. The minimum Gasteiger partial charge on any atom is -0.497 e. The maximum absolute atomic E-state index is 12.5. The molecular weight excluding hydrogens is 390 g/mol. The first-order valence-corrected chi connectivity index (χ1v) is 11.4. The maximum atomic E-state index is 12.5. The van der Waals surface area contributed by atoms with Gasteiger partial charge in [-0.3, -0.25) is 9.78 Å². The van der Waals surface area contributed by atoms with E-state index in [1.165, 1.54) is 0 Å². The van der Waals surface area contributed by atoms with Crippen LogP contribution in [0.15, 0.2) is 48.8 Å². The molecule has 29 heavy (non-hydrogen) atoms. The number of hydrogen-bond acceptors (Lipinski definition) is 5. The van der Waals surface area contributed by atoms with Crippen molar-refractivity contribution in [1.29, 1.82) is 0 Å². The Balaban J connectivity index is 1.41. The lowest BCUT2D eigenvalue weighted by Gasteiger charge is -2.32. The smallest absolute Gasteiger partial charge is 0.255 e. The van der Waals surface area contributed by atoms with Crippen LogP contribution in [-0.2, 0) is 16.4 Å². The molecule has 2 heterocycles. The van der Waals surface area contributed by atoms with E-state index < -0.39 is 10.0 Å². The highest BCUT2D eigenvalue weighted by molar-refractivity contribution is 7.89. The molecule has 1 aromatic heterocycles. The Bertz CT molecular complexity index is 893. The lowest BCUT2D eigenvalue weighted by Crippen LogP contribution is -2.42. The number of pyridine rings is 1. The molecule has 3 rings (SSSR count). The fraction of sp³-hybridized carbons (Fsp3) is 0.429. The number of rotatable bonds is 8. The predicted octanol–water partition coefficient (Wildman–Crippen LogP) is 2.10. The Hall–Kier alpha value is -2.45. The van der Waals surface area contributed by atoms with Gasteiger partial charge in [0, 0.05) is 32.0 Å². The number of benzene rings is 1. The number of carbonyl (C=O) groups excluding carboxylic acids is 1. The summed E-state index contributed by atoms with van der Waals surface area (Å²) in [5, 5.41) is 0. The molecule has 1 aliphatic rings. The van der Waals surface area contributed by atoms with Gasteiger partial charge in [0.2, 0.25) is 10.0 Å². The van der Waals surface area contributed by atoms with E-state index in [1.807, 2.05) is 29.2 Å². The van der Waals surface area contributed by atoms with Crippen molar-refractivity contribution in [2.75, 3.05) is 32.5 Å². The summed E-state index contributed by atoms with van der Waals surface area (Å²) in [4.78, 5) is 18.3. The molecule has 1 amide bonds. The summed E-state index contributed by atoms with van der Waals surface area (Å²) in [6, 6.07) is 10.9. The van der Waals surface area contributed by atoms with Crippen molar-refractivity contribution in [2.24, 2.45) is 5.92 Å². The van der Waals surface area contributed by atoms with Crippen molar-refractivity contribution in [3.05, 3.63) is 59.9 Å². The molecule has 2 aromatic rings. The van der Waals surface area contributed by atoms with E-state index in [0.717, 1.165) is 24.2 Å². The van der Waals surface area contributed by atoms with Crippen LogP contribution in [0.2, 0.25) is 0 Å². The normalized spacial score (nSPS) is 15.3. The van der Waals surface area contributed by atoms with E-state index in [4.69, 9.17) is 4.74 Å². The minimum absolute atomic E-state index is 0.0170. The van der Waals surface area contributed by atoms with Gasteiger partial charge in [0.05, 0.1) is 18.4 Å². The Labute approximate surface area is 172 Å². The molecular formula is C21H27N3O4S. The van der Waals surface area contributed by atoms with Gasteiger partial charge in [-0.1, -0.05) is 12.1 Å². The van der Waals surface area contributed by atoms with Crippen LogP contribution in [0.25, 0.3) is 0 Å². The molecule has 1 aromatic carbocycles. The first-order chi connectivity index (χ1) is 14.0. The number of aromatic nitrogens is 1. The van der Waals surface area contributed by atoms with E-state index in [-0.39, 0.29) is 17.6 Å². The van der Waals surface area contributed by atoms with Gasteiger partial charge >= 0.3 is 0 Å². The number of hydrogen-bond donors (Lipinski definition) is 1. The largest absolute Gasteiger partial charge is 0.497 e. The predicted molar refractivity (Wildman–Crippen MR) is 111 cm³/mol. The second-order valence-corrected chi connectivity index (χ2v) is 9.17. The number of amides is 1. The van der Waals surface area contributed by atoms with Crippen LogP contribution >= 0.6 is 0 Å². The van der Waals surface area contributed by atoms with Crippen molar-refractivity contribution in [3.63, 3.8) is 0 Å². The Morgan fingerprint density at radius 1 is 1.21 bits per heavy atom. The highest BCUT2D eigenvalue weighted by atomic mass is 32.2. The lowest BCUT2D eigenvalue weighted by atomic mass is 9.97. The highest BCUT2D eigenvalue weighted by Gasteiger charge is 2.24. The van der Waals surface area contributed by atoms with Crippen LogP contribution in [-0.4, -0.2) is 56.7 Å². The number of likely N-dealkylation sites (tertiary alicyclic amines) is 1. The van der Waals surface area contributed by atoms with Crippen molar-refractivity contribution in [2.45, 2.75) is 19.3 Å². The number of aryl methyl sites for hydroxylation is 1. The Morgan fingerprint density at radius 3 is 2.55 bits per heavy atom. The molecule has 0 radical (unpaired) electrons. The number of nitrogens with one attached hydrogen (secondary N) is 1. The molecule has 0 atom stereocenters. The summed E-state index contributed by atoms with van der Waals surface area (Å²) in [5.74, 6) is 1.03. The molecule has 1 N–H and O–H groups in total. The summed E-state index contributed by atoms with van der Waals surface area (Å²) < 4.78 is 32.5. The first-order valence-electron chi connectivity index (χ1n) is 9.76. The van der Waals surface area contributed by atoms with E-state index in [1.54, 1.807) is 31.6 Å². The zero-order valence-corrected chi connectivity index (χ0v) is 17.4. The van der Waals surface area contributed by atoms with Gasteiger partial charge in [0.25, 0.3) is 5.91 Å². The number of nitrogens with zero attached hydrogens (tertiary/aromatic N) is 2. The van der Waals surface area contributed by atoms with Gasteiger partial charge < -0.3 is 9.64 Å². The first kappa shape index (κ1) is 21.3. The van der Waals surface area contributed by atoms with Crippen LogP contribution in [0.3, 0.4) is 0 Å². The van der Waals surface area contributed by atoms with E-state index in [0.29, 0.717) is 31.6 Å². The molecule has 1 aliphatic heterocycles. The third kappa shape index (κ3) is 6.27. The Morgan fingerprint density at radius 2 is 1.93 bits per heavy atom. The number of carbonyl (C=O) groups is 1. The van der Waals surface area contributed by atoms with Crippen LogP contribution in [0.5, 0.6) is 5.75 Å². The zero-order chi connectivity index (χ0) is 20.7. The summed E-state index contributed by atoms with van der Waals surface area (Å²) in [6.45, 7) is 1.68. The minimum atomic E-state index is -3.34. The van der Waals surface area contributed by atoms with Crippen molar-refractivity contribution < 1.29 is 17.9 Å². The van der Waals surface area contributed by atoms with Gasteiger partial charge in [0.1, 0.15) is 5.75 Å². The number of piperidine rings is 1. The van der Waals surface area contributed by atoms with Gasteiger partial charge in [-0.05, 0) is 55.0 Å². The Kier molecular flexibility index (Phi) is 7.22. The van der Waals surface area contributed by atoms with E-state index in [2.05, 4.69) is 9.71 Å². The number of methoxy groups -OCH3 is 1. The van der Waals surface area contributed by atoms with Gasteiger partial charge in [-0.2, -0.15) is 0 Å². The number of sulfonamides is 1. The zero-order valence-electron chi connectivity index (χ0n) is 16.6. The van der Waals surface area contributed by atoms with Crippen LogP contribution in [0.4, 0.5) is 0 Å². The lowest BCUT2D eigenvalue weighted by molar-refractivity contribution is 0.0691. The molecule has 8 heteroatoms. The SMILES string of the molecule is COc1ccc(CCS(=O)(=O)NCC2CCN(C(=O)c3cccnc3)CC2)cc1. The highest BCUT2D eigenvalue weighted by Crippen LogP contribution is 2.19. The average Bonchev–Trinajstić information content (AvgIpc) is 2.77. The molecule has 0 aliphatic carbocycles. The van der Waals surface area contributed by atoms with Crippen LogP contribution in [0.1, 0.15) is 28.8 Å². The number of ether oxygens (including phenoxy) is 1. The van der Waals surface area contributed by atoms with Gasteiger partial charge in [-0.15, -0.1) is 0 Å². The second-order valence-electron chi connectivity index (χ2n) is 7.24. The van der Waals surface area contributed by atoms with Gasteiger partial charge in [0.15, 0.2) is 0 Å². The third-order valence-corrected chi connectivity index (χ3v) is 6.57. The summed E-state index contributed by atoms with van der Waals surface area (Å²) in [5.41, 5.74) is 1.54. The van der Waals surface area contributed by atoms with Crippen LogP contribution in [0, 0.1) is 5.92 Å². The maximum Gasteiger partial charge on any atom is 0.255 e.